The number of rotatable bonds is 4. The molecule has 3 N–H and O–H groups in total. The number of nitrogens with zero attached hydrogens (tertiary/aromatic N) is 1. The van der Waals surface area contributed by atoms with E-state index >= 15 is 0 Å². The van der Waals surface area contributed by atoms with Crippen molar-refractivity contribution < 1.29 is 14.4 Å². The van der Waals surface area contributed by atoms with Gasteiger partial charge in [0.1, 0.15) is 5.82 Å². The van der Waals surface area contributed by atoms with Gasteiger partial charge in [0, 0.05) is 5.56 Å². The van der Waals surface area contributed by atoms with E-state index in [9.17, 15) is 19.6 Å². The highest BCUT2D eigenvalue weighted by Crippen LogP contribution is 2.36. The number of aliphatic hydroxyl groups excluding tert-OH is 1. The van der Waals surface area contributed by atoms with Crippen molar-refractivity contribution >= 4 is 5.69 Å². The van der Waals surface area contributed by atoms with Gasteiger partial charge in [-0.2, -0.15) is 0 Å². The highest BCUT2D eigenvalue weighted by molar-refractivity contribution is 5.43. The molecule has 1 aromatic carbocycles. The molecule has 0 aliphatic heterocycles. The Kier molecular flexibility index (Phi) is 3.58. The van der Waals surface area contributed by atoms with Gasteiger partial charge in [-0.3, -0.25) is 10.1 Å². The van der Waals surface area contributed by atoms with Crippen LogP contribution >= 0.6 is 0 Å². The predicted molar refractivity (Wildman–Crippen MR) is 63.3 cm³/mol. The Balaban J connectivity index is 2.28. The number of halogens is 1. The molecule has 6 heteroatoms. The maximum Gasteiger partial charge on any atom is 0.277 e. The van der Waals surface area contributed by atoms with Gasteiger partial charge < -0.3 is 10.8 Å². The van der Waals surface area contributed by atoms with Crippen LogP contribution in [0.3, 0.4) is 0 Å². The van der Waals surface area contributed by atoms with Gasteiger partial charge in [0.05, 0.1) is 23.1 Å². The highest BCUT2D eigenvalue weighted by Gasteiger charge is 2.33. The lowest BCUT2D eigenvalue weighted by Gasteiger charge is -2.33. The van der Waals surface area contributed by atoms with Gasteiger partial charge in [-0.25, -0.2) is 4.39 Å². The predicted octanol–water partition coefficient (Wildman–Crippen LogP) is 1.89. The standard InChI is InChI=1S/C12H15FN2O3/c13-8-4-5-9(10(6-8)15(17)18)11(14)12(16)7-2-1-3-7/h4-7,11-12,16H,1-3,14H2/t11-,12+/m0/s1. The van der Waals surface area contributed by atoms with Crippen LogP contribution in [0.2, 0.25) is 0 Å². The van der Waals surface area contributed by atoms with Crippen LogP contribution in [0.25, 0.3) is 0 Å². The smallest absolute Gasteiger partial charge is 0.277 e. The molecule has 18 heavy (non-hydrogen) atoms. The van der Waals surface area contributed by atoms with E-state index in [1.807, 2.05) is 0 Å². The summed E-state index contributed by atoms with van der Waals surface area (Å²) in [6, 6.07) is 2.38. The van der Waals surface area contributed by atoms with Crippen LogP contribution in [0, 0.1) is 21.8 Å². The van der Waals surface area contributed by atoms with Crippen molar-refractivity contribution in [1.29, 1.82) is 0 Å². The molecule has 0 saturated heterocycles. The van der Waals surface area contributed by atoms with Crippen LogP contribution in [0.4, 0.5) is 10.1 Å². The second-order valence-electron chi connectivity index (χ2n) is 4.67. The van der Waals surface area contributed by atoms with E-state index in [-0.39, 0.29) is 17.2 Å². The minimum atomic E-state index is -0.851. The third-order valence-corrected chi connectivity index (χ3v) is 3.55. The average Bonchev–Trinajstić information content (AvgIpc) is 2.25. The number of nitrogens with two attached hydrogens (primary N) is 1. The molecule has 98 valence electrons. The molecule has 0 radical (unpaired) electrons. The van der Waals surface area contributed by atoms with Gasteiger partial charge >= 0.3 is 0 Å². The van der Waals surface area contributed by atoms with Crippen molar-refractivity contribution in [3.05, 3.63) is 39.7 Å². The van der Waals surface area contributed by atoms with Gasteiger partial charge in [-0.15, -0.1) is 0 Å². The monoisotopic (exact) mass is 254 g/mol. The Hall–Kier alpha value is -1.53. The zero-order valence-corrected chi connectivity index (χ0v) is 9.75. The van der Waals surface area contributed by atoms with Gasteiger partial charge in [0.15, 0.2) is 0 Å². The van der Waals surface area contributed by atoms with E-state index < -0.39 is 22.9 Å². The maximum atomic E-state index is 13.0. The van der Waals surface area contributed by atoms with Crippen LogP contribution in [-0.4, -0.2) is 16.1 Å². The van der Waals surface area contributed by atoms with Gasteiger partial charge in [-0.1, -0.05) is 6.42 Å². The first-order valence-electron chi connectivity index (χ1n) is 5.88. The Morgan fingerprint density at radius 3 is 2.67 bits per heavy atom. The van der Waals surface area contributed by atoms with Crippen LogP contribution in [0.15, 0.2) is 18.2 Å². The largest absolute Gasteiger partial charge is 0.391 e. The molecule has 0 heterocycles. The minimum absolute atomic E-state index is 0.0876. The second kappa shape index (κ2) is 4.99. The molecule has 0 bridgehead atoms. The van der Waals surface area contributed by atoms with Gasteiger partial charge in [0.25, 0.3) is 5.69 Å². The molecule has 1 aromatic rings. The van der Waals surface area contributed by atoms with E-state index in [0.29, 0.717) is 0 Å². The van der Waals surface area contributed by atoms with E-state index in [4.69, 9.17) is 5.73 Å². The summed E-state index contributed by atoms with van der Waals surface area (Å²) in [5.41, 5.74) is 5.67. The number of hydrogen-bond acceptors (Lipinski definition) is 4. The molecule has 1 aliphatic rings. The number of nitro groups is 1. The molecule has 0 aromatic heterocycles. The summed E-state index contributed by atoms with van der Waals surface area (Å²) in [6.07, 6.45) is 1.98. The van der Waals surface area contributed by atoms with E-state index in [1.54, 1.807) is 0 Å². The molecule has 1 saturated carbocycles. The Morgan fingerprint density at radius 2 is 2.17 bits per heavy atom. The van der Waals surface area contributed by atoms with Crippen LogP contribution in [-0.2, 0) is 0 Å². The third kappa shape index (κ3) is 2.34. The van der Waals surface area contributed by atoms with Gasteiger partial charge in [0.2, 0.25) is 0 Å². The summed E-state index contributed by atoms with van der Waals surface area (Å²) in [6.45, 7) is 0. The Morgan fingerprint density at radius 1 is 1.50 bits per heavy atom. The van der Waals surface area contributed by atoms with Crippen molar-refractivity contribution in [2.75, 3.05) is 0 Å². The molecule has 1 aliphatic carbocycles. The summed E-state index contributed by atoms with van der Waals surface area (Å²) < 4.78 is 13.0. The quantitative estimate of drug-likeness (QED) is 0.634. The summed E-state index contributed by atoms with van der Waals surface area (Å²) in [5.74, 6) is -0.597. The fourth-order valence-electron chi connectivity index (χ4n) is 2.22. The number of aliphatic hydroxyl groups is 1. The summed E-state index contributed by atoms with van der Waals surface area (Å²) >= 11 is 0. The van der Waals surface area contributed by atoms with Crippen molar-refractivity contribution in [3.8, 4) is 0 Å². The number of nitro benzene ring substituents is 1. The normalized spacial score (nSPS) is 19.1. The van der Waals surface area contributed by atoms with Crippen LogP contribution in [0.5, 0.6) is 0 Å². The molecule has 0 amide bonds. The molecule has 0 spiro atoms. The maximum absolute atomic E-state index is 13.0. The molecule has 0 unspecified atom stereocenters. The first-order chi connectivity index (χ1) is 8.50. The molecule has 2 atom stereocenters. The van der Waals surface area contributed by atoms with Crippen molar-refractivity contribution in [1.82, 2.24) is 0 Å². The van der Waals surface area contributed by atoms with E-state index in [0.717, 1.165) is 31.4 Å². The summed E-state index contributed by atoms with van der Waals surface area (Å²) in [7, 11) is 0. The first kappa shape index (κ1) is 12.9. The van der Waals surface area contributed by atoms with Crippen molar-refractivity contribution in [3.63, 3.8) is 0 Å². The number of hydrogen-bond donors (Lipinski definition) is 2. The van der Waals surface area contributed by atoms with Crippen LogP contribution < -0.4 is 5.73 Å². The molecule has 1 fully saturated rings. The SMILES string of the molecule is N[C@@H](c1ccc(F)cc1[N+](=O)[O-])[C@H](O)C1CCC1. The molecular formula is C12H15FN2O3. The lowest BCUT2D eigenvalue weighted by atomic mass is 9.77. The fraction of sp³-hybridized carbons (Fsp3) is 0.500. The van der Waals surface area contributed by atoms with Crippen molar-refractivity contribution in [2.45, 2.75) is 31.4 Å². The van der Waals surface area contributed by atoms with Crippen molar-refractivity contribution in [2.24, 2.45) is 11.7 Å². The van der Waals surface area contributed by atoms with E-state index in [2.05, 4.69) is 0 Å². The average molecular weight is 254 g/mol. The highest BCUT2D eigenvalue weighted by atomic mass is 19.1. The lowest BCUT2D eigenvalue weighted by molar-refractivity contribution is -0.386. The minimum Gasteiger partial charge on any atom is -0.391 e. The Bertz CT molecular complexity index is 463. The molecule has 5 nitrogen and oxygen atoms in total. The zero-order chi connectivity index (χ0) is 13.3. The zero-order valence-electron chi connectivity index (χ0n) is 9.75. The summed E-state index contributed by atoms with van der Waals surface area (Å²) in [4.78, 5) is 10.2. The second-order valence-corrected chi connectivity index (χ2v) is 4.67. The number of benzene rings is 1. The van der Waals surface area contributed by atoms with Crippen LogP contribution in [0.1, 0.15) is 30.9 Å². The summed E-state index contributed by atoms with van der Waals surface area (Å²) in [5, 5.41) is 20.9. The topological polar surface area (TPSA) is 89.4 Å². The lowest BCUT2D eigenvalue weighted by Crippen LogP contribution is -2.36. The molecule has 2 rings (SSSR count). The fourth-order valence-corrected chi connectivity index (χ4v) is 2.22. The van der Waals surface area contributed by atoms with Gasteiger partial charge in [-0.05, 0) is 30.9 Å². The third-order valence-electron chi connectivity index (χ3n) is 3.55. The first-order valence-corrected chi connectivity index (χ1v) is 5.88. The molecular weight excluding hydrogens is 239 g/mol. The Labute approximate surface area is 104 Å². The van der Waals surface area contributed by atoms with E-state index in [1.165, 1.54) is 6.07 Å².